The molecule has 242 valence electrons. The predicted molar refractivity (Wildman–Crippen MR) is 215 cm³/mol. The number of rotatable bonds is 3. The second kappa shape index (κ2) is 10.3. The van der Waals surface area contributed by atoms with Crippen molar-refractivity contribution in [3.8, 4) is 22.5 Å². The lowest BCUT2D eigenvalue weighted by Gasteiger charge is -2.08. The van der Waals surface area contributed by atoms with Crippen molar-refractivity contribution >= 4 is 87.5 Å². The maximum atomic E-state index is 6.80. The van der Waals surface area contributed by atoms with E-state index in [0.717, 1.165) is 66.4 Å². The summed E-state index contributed by atoms with van der Waals surface area (Å²) in [6.07, 6.45) is 0. The molecule has 0 fully saturated rings. The highest BCUT2D eigenvalue weighted by atomic mass is 16.3. The van der Waals surface area contributed by atoms with Gasteiger partial charge in [0.15, 0.2) is 0 Å². The number of nitrogens with zero attached hydrogens (tertiary/aromatic N) is 2. The summed E-state index contributed by atoms with van der Waals surface area (Å²) in [6.45, 7) is 0. The van der Waals surface area contributed by atoms with Crippen LogP contribution in [-0.2, 0) is 0 Å². The minimum Gasteiger partial charge on any atom is -0.455 e. The number of fused-ring (bicyclic) bond motifs is 12. The SMILES string of the molecule is c1ccc(-c2c3oc4ccc(-n5c6ccccc6c6ccccc65)cc4c3cc3c2oc2ccc(-n4c5ccccc5c5ccccc54)cc23)cc1. The fourth-order valence-electron chi connectivity index (χ4n) is 8.66. The number of aromatic nitrogens is 2. The molecule has 4 aromatic heterocycles. The lowest BCUT2D eigenvalue weighted by Crippen LogP contribution is -1.93. The highest BCUT2D eigenvalue weighted by Crippen LogP contribution is 2.46. The van der Waals surface area contributed by atoms with Crippen LogP contribution in [0.1, 0.15) is 0 Å². The molecule has 0 aliphatic heterocycles. The summed E-state index contributed by atoms with van der Waals surface area (Å²) in [5.41, 5.74) is 12.3. The van der Waals surface area contributed by atoms with Gasteiger partial charge in [0.25, 0.3) is 0 Å². The fourth-order valence-corrected chi connectivity index (χ4v) is 8.66. The van der Waals surface area contributed by atoms with Crippen LogP contribution in [0.4, 0.5) is 0 Å². The standard InChI is InChI=1S/C48H28N2O2/c1-2-12-29(13-3-1)46-47-38(36-26-30(22-24-44(36)51-47)49-40-18-8-4-14-32(40)33-15-5-9-19-41(33)49)28-39-37-27-31(23-25-45(37)52-48(39)46)50-42-20-10-6-16-34(42)35-17-7-11-21-43(35)50/h1-28H. The molecular formula is C48H28N2O2. The Labute approximate surface area is 296 Å². The zero-order valence-corrected chi connectivity index (χ0v) is 27.9. The molecule has 0 spiro atoms. The van der Waals surface area contributed by atoms with Crippen LogP contribution in [0.2, 0.25) is 0 Å². The van der Waals surface area contributed by atoms with E-state index in [0.29, 0.717) is 0 Å². The van der Waals surface area contributed by atoms with Gasteiger partial charge in [0.05, 0.1) is 27.6 Å². The zero-order chi connectivity index (χ0) is 33.9. The molecule has 4 heterocycles. The molecule has 0 bridgehead atoms. The van der Waals surface area contributed by atoms with Crippen molar-refractivity contribution in [2.75, 3.05) is 0 Å². The van der Waals surface area contributed by atoms with Gasteiger partial charge in [-0.1, -0.05) is 103 Å². The van der Waals surface area contributed by atoms with Gasteiger partial charge >= 0.3 is 0 Å². The van der Waals surface area contributed by atoms with Gasteiger partial charge in [0.2, 0.25) is 0 Å². The van der Waals surface area contributed by atoms with Crippen LogP contribution in [-0.4, -0.2) is 9.13 Å². The molecule has 0 N–H and O–H groups in total. The number of hydrogen-bond donors (Lipinski definition) is 0. The Hall–Kier alpha value is -7.04. The summed E-state index contributed by atoms with van der Waals surface area (Å²) >= 11 is 0. The lowest BCUT2D eigenvalue weighted by atomic mass is 9.98. The van der Waals surface area contributed by atoms with E-state index in [2.05, 4.69) is 173 Å². The summed E-state index contributed by atoms with van der Waals surface area (Å²) in [4.78, 5) is 0. The second-order valence-electron chi connectivity index (χ2n) is 13.7. The van der Waals surface area contributed by atoms with Gasteiger partial charge in [-0.25, -0.2) is 0 Å². The lowest BCUT2D eigenvalue weighted by molar-refractivity contribution is 0.658. The average molecular weight is 665 g/mol. The summed E-state index contributed by atoms with van der Waals surface area (Å²) in [6, 6.07) is 60.5. The molecule has 0 aliphatic carbocycles. The van der Waals surface area contributed by atoms with Crippen molar-refractivity contribution in [1.82, 2.24) is 9.13 Å². The van der Waals surface area contributed by atoms with E-state index >= 15 is 0 Å². The third kappa shape index (κ3) is 3.70. The molecule has 52 heavy (non-hydrogen) atoms. The van der Waals surface area contributed by atoms with E-state index in [-0.39, 0.29) is 0 Å². The molecule has 0 unspecified atom stereocenters. The highest BCUT2D eigenvalue weighted by molar-refractivity contribution is 6.22. The van der Waals surface area contributed by atoms with Crippen LogP contribution < -0.4 is 0 Å². The van der Waals surface area contributed by atoms with Gasteiger partial charge in [-0.05, 0) is 72.3 Å². The van der Waals surface area contributed by atoms with Crippen molar-refractivity contribution in [3.63, 3.8) is 0 Å². The Balaban J connectivity index is 1.17. The van der Waals surface area contributed by atoms with Crippen LogP contribution in [0.25, 0.3) is 110 Å². The van der Waals surface area contributed by atoms with Crippen molar-refractivity contribution < 1.29 is 8.83 Å². The smallest absolute Gasteiger partial charge is 0.147 e. The van der Waals surface area contributed by atoms with Crippen molar-refractivity contribution in [2.24, 2.45) is 0 Å². The van der Waals surface area contributed by atoms with Crippen molar-refractivity contribution in [3.05, 3.63) is 170 Å². The molecule has 12 rings (SSSR count). The predicted octanol–water partition coefficient (Wildman–Crippen LogP) is 13.3. The van der Waals surface area contributed by atoms with Crippen LogP contribution in [0.15, 0.2) is 179 Å². The van der Waals surface area contributed by atoms with Gasteiger partial charge in [-0.2, -0.15) is 0 Å². The molecule has 12 aromatic rings. The molecule has 0 saturated carbocycles. The Kier molecular flexibility index (Phi) is 5.47. The van der Waals surface area contributed by atoms with E-state index in [1.54, 1.807) is 0 Å². The monoisotopic (exact) mass is 664 g/mol. The maximum absolute atomic E-state index is 6.80. The van der Waals surface area contributed by atoms with Gasteiger partial charge < -0.3 is 18.0 Å². The molecule has 8 aromatic carbocycles. The van der Waals surface area contributed by atoms with Crippen molar-refractivity contribution in [1.29, 1.82) is 0 Å². The number of hydrogen-bond acceptors (Lipinski definition) is 2. The summed E-state index contributed by atoms with van der Waals surface area (Å²) in [7, 11) is 0. The Morgan fingerprint density at radius 1 is 0.308 bits per heavy atom. The van der Waals surface area contributed by atoms with Gasteiger partial charge in [-0.15, -0.1) is 0 Å². The number of benzene rings is 8. The largest absolute Gasteiger partial charge is 0.455 e. The van der Waals surface area contributed by atoms with Gasteiger partial charge in [-0.3, -0.25) is 0 Å². The fraction of sp³-hybridized carbons (Fsp3) is 0. The second-order valence-corrected chi connectivity index (χ2v) is 13.7. The van der Waals surface area contributed by atoms with Crippen molar-refractivity contribution in [2.45, 2.75) is 0 Å². The molecule has 0 aliphatic rings. The molecule has 4 nitrogen and oxygen atoms in total. The first kappa shape index (κ1) is 27.7. The topological polar surface area (TPSA) is 36.1 Å². The zero-order valence-electron chi connectivity index (χ0n) is 27.9. The Morgan fingerprint density at radius 2 is 0.692 bits per heavy atom. The average Bonchev–Trinajstić information content (AvgIpc) is 3.94. The van der Waals surface area contributed by atoms with Crippen LogP contribution in [0, 0.1) is 0 Å². The van der Waals surface area contributed by atoms with E-state index in [1.165, 1.54) is 43.6 Å². The highest BCUT2D eigenvalue weighted by Gasteiger charge is 2.23. The first-order chi connectivity index (χ1) is 25.8. The Bertz CT molecular complexity index is 3100. The summed E-state index contributed by atoms with van der Waals surface area (Å²) in [5, 5.41) is 9.24. The van der Waals surface area contributed by atoms with E-state index in [1.807, 2.05) is 6.07 Å². The Morgan fingerprint density at radius 3 is 1.12 bits per heavy atom. The molecule has 0 saturated heterocycles. The summed E-state index contributed by atoms with van der Waals surface area (Å²) in [5.74, 6) is 0. The molecule has 0 amide bonds. The minimum absolute atomic E-state index is 0.828. The summed E-state index contributed by atoms with van der Waals surface area (Å²) < 4.78 is 18.3. The van der Waals surface area contributed by atoms with Crippen LogP contribution in [0.3, 0.4) is 0 Å². The van der Waals surface area contributed by atoms with E-state index in [4.69, 9.17) is 8.83 Å². The van der Waals surface area contributed by atoms with Gasteiger partial charge in [0.1, 0.15) is 22.3 Å². The van der Waals surface area contributed by atoms with Crippen LogP contribution >= 0.6 is 0 Å². The van der Waals surface area contributed by atoms with Gasteiger partial charge in [0, 0.05) is 54.5 Å². The number of para-hydroxylation sites is 4. The third-order valence-electron chi connectivity index (χ3n) is 10.9. The first-order valence-corrected chi connectivity index (χ1v) is 17.7. The third-order valence-corrected chi connectivity index (χ3v) is 10.9. The number of furan rings is 2. The molecular weight excluding hydrogens is 637 g/mol. The molecule has 0 radical (unpaired) electrons. The normalized spacial score (nSPS) is 12.2. The van der Waals surface area contributed by atoms with E-state index < -0.39 is 0 Å². The quantitative estimate of drug-likeness (QED) is 0.188. The maximum Gasteiger partial charge on any atom is 0.147 e. The molecule has 4 heteroatoms. The van der Waals surface area contributed by atoms with Crippen LogP contribution in [0.5, 0.6) is 0 Å². The minimum atomic E-state index is 0.828. The molecule has 0 atom stereocenters. The first-order valence-electron chi connectivity index (χ1n) is 17.7. The van der Waals surface area contributed by atoms with E-state index in [9.17, 15) is 0 Å².